The van der Waals surface area contributed by atoms with Crippen molar-refractivity contribution >= 4 is 5.97 Å². The molecule has 0 aromatic heterocycles. The highest BCUT2D eigenvalue weighted by Gasteiger charge is 2.15. The van der Waals surface area contributed by atoms with Gasteiger partial charge in [-0.05, 0) is 29.0 Å². The van der Waals surface area contributed by atoms with Crippen molar-refractivity contribution < 1.29 is 9.90 Å². The first kappa shape index (κ1) is 17.3. The molecule has 2 aromatic rings. The molecule has 0 bridgehead atoms. The lowest BCUT2D eigenvalue weighted by molar-refractivity contribution is -0.134. The smallest absolute Gasteiger partial charge is 0.300 e. The predicted molar refractivity (Wildman–Crippen MR) is 95.5 cm³/mol. The number of carboxylic acids is 1. The molecule has 23 heavy (non-hydrogen) atoms. The highest BCUT2D eigenvalue weighted by atomic mass is 16.4. The topological polar surface area (TPSA) is 37.3 Å². The SMILES string of the molecule is CC(=O)O.c1ccc(-c2ccccc2CC2CCCCC2)cc1. The van der Waals surface area contributed by atoms with Gasteiger partial charge in [0.05, 0.1) is 0 Å². The van der Waals surface area contributed by atoms with E-state index in [1.807, 2.05) is 0 Å². The second-order valence-corrected chi connectivity index (χ2v) is 6.25. The molecule has 0 amide bonds. The van der Waals surface area contributed by atoms with Crippen molar-refractivity contribution in [3.8, 4) is 11.1 Å². The van der Waals surface area contributed by atoms with Gasteiger partial charge in [-0.3, -0.25) is 4.79 Å². The lowest BCUT2D eigenvalue weighted by Gasteiger charge is -2.22. The summed E-state index contributed by atoms with van der Waals surface area (Å²) in [5, 5.41) is 7.42. The van der Waals surface area contributed by atoms with Crippen LogP contribution >= 0.6 is 0 Å². The molecule has 0 saturated heterocycles. The Morgan fingerprint density at radius 1 is 0.957 bits per heavy atom. The molecular formula is C21H26O2. The Hall–Kier alpha value is -2.09. The molecular weight excluding hydrogens is 284 g/mol. The van der Waals surface area contributed by atoms with Crippen molar-refractivity contribution in [2.45, 2.75) is 45.4 Å². The molecule has 122 valence electrons. The number of carbonyl (C=O) groups is 1. The fraction of sp³-hybridized carbons (Fsp3) is 0.381. The van der Waals surface area contributed by atoms with Gasteiger partial charge in [-0.15, -0.1) is 0 Å². The maximum absolute atomic E-state index is 9.00. The van der Waals surface area contributed by atoms with Gasteiger partial charge in [0.1, 0.15) is 0 Å². The Morgan fingerprint density at radius 2 is 1.52 bits per heavy atom. The number of aliphatic carboxylic acids is 1. The third-order valence-corrected chi connectivity index (χ3v) is 4.34. The van der Waals surface area contributed by atoms with Crippen LogP contribution in [-0.4, -0.2) is 11.1 Å². The zero-order valence-corrected chi connectivity index (χ0v) is 13.9. The summed E-state index contributed by atoms with van der Waals surface area (Å²) in [7, 11) is 0. The quantitative estimate of drug-likeness (QED) is 0.805. The molecule has 0 unspecified atom stereocenters. The maximum atomic E-state index is 9.00. The Kier molecular flexibility index (Phi) is 6.86. The molecule has 0 aliphatic heterocycles. The molecule has 2 aromatic carbocycles. The number of hydrogen-bond donors (Lipinski definition) is 1. The summed E-state index contributed by atoms with van der Waals surface area (Å²) >= 11 is 0. The fourth-order valence-corrected chi connectivity index (χ4v) is 3.30. The van der Waals surface area contributed by atoms with Gasteiger partial charge in [0.2, 0.25) is 0 Å². The zero-order valence-electron chi connectivity index (χ0n) is 13.9. The lowest BCUT2D eigenvalue weighted by atomic mass is 9.83. The van der Waals surface area contributed by atoms with Crippen LogP contribution in [0.25, 0.3) is 11.1 Å². The van der Waals surface area contributed by atoms with E-state index in [9.17, 15) is 0 Å². The van der Waals surface area contributed by atoms with Gasteiger partial charge in [0.15, 0.2) is 0 Å². The van der Waals surface area contributed by atoms with E-state index < -0.39 is 5.97 Å². The van der Waals surface area contributed by atoms with Crippen LogP contribution in [0.1, 0.15) is 44.6 Å². The first-order chi connectivity index (χ1) is 11.2. The van der Waals surface area contributed by atoms with E-state index in [1.165, 1.54) is 55.2 Å². The molecule has 0 atom stereocenters. The molecule has 1 N–H and O–H groups in total. The minimum Gasteiger partial charge on any atom is -0.481 e. The van der Waals surface area contributed by atoms with Gasteiger partial charge >= 0.3 is 0 Å². The van der Waals surface area contributed by atoms with Crippen molar-refractivity contribution in [1.29, 1.82) is 0 Å². The molecule has 2 heteroatoms. The molecule has 0 radical (unpaired) electrons. The normalized spacial score (nSPS) is 14.7. The molecule has 0 heterocycles. The average Bonchev–Trinajstić information content (AvgIpc) is 2.57. The minimum atomic E-state index is -0.833. The van der Waals surface area contributed by atoms with Crippen LogP contribution in [0, 0.1) is 5.92 Å². The number of hydrogen-bond acceptors (Lipinski definition) is 1. The van der Waals surface area contributed by atoms with Crippen LogP contribution in [0.2, 0.25) is 0 Å². The first-order valence-corrected chi connectivity index (χ1v) is 8.49. The summed E-state index contributed by atoms with van der Waals surface area (Å²) in [6.07, 6.45) is 8.39. The van der Waals surface area contributed by atoms with Gasteiger partial charge in [0.25, 0.3) is 5.97 Å². The fourth-order valence-electron chi connectivity index (χ4n) is 3.30. The van der Waals surface area contributed by atoms with Crippen molar-refractivity contribution in [3.63, 3.8) is 0 Å². The van der Waals surface area contributed by atoms with Gasteiger partial charge in [-0.2, -0.15) is 0 Å². The van der Waals surface area contributed by atoms with Crippen LogP contribution in [0.5, 0.6) is 0 Å². The molecule has 2 nitrogen and oxygen atoms in total. The van der Waals surface area contributed by atoms with Crippen LogP contribution in [0.4, 0.5) is 0 Å². The largest absolute Gasteiger partial charge is 0.481 e. The Morgan fingerprint density at radius 3 is 2.17 bits per heavy atom. The van der Waals surface area contributed by atoms with E-state index >= 15 is 0 Å². The number of rotatable bonds is 3. The van der Waals surface area contributed by atoms with E-state index in [1.54, 1.807) is 0 Å². The van der Waals surface area contributed by atoms with E-state index in [2.05, 4.69) is 54.6 Å². The summed E-state index contributed by atoms with van der Waals surface area (Å²) in [4.78, 5) is 9.00. The van der Waals surface area contributed by atoms with Crippen molar-refractivity contribution in [2.75, 3.05) is 0 Å². The molecule has 1 aliphatic carbocycles. The Bertz CT molecular complexity index is 594. The zero-order chi connectivity index (χ0) is 16.5. The number of benzene rings is 2. The highest BCUT2D eigenvalue weighted by Crippen LogP contribution is 2.31. The van der Waals surface area contributed by atoms with Crippen molar-refractivity contribution in [3.05, 3.63) is 60.2 Å². The first-order valence-electron chi connectivity index (χ1n) is 8.49. The number of carboxylic acid groups (broad SMARTS) is 1. The van der Waals surface area contributed by atoms with Gasteiger partial charge in [-0.25, -0.2) is 0 Å². The van der Waals surface area contributed by atoms with Crippen LogP contribution in [-0.2, 0) is 11.2 Å². The highest BCUT2D eigenvalue weighted by molar-refractivity contribution is 5.67. The van der Waals surface area contributed by atoms with Gasteiger partial charge < -0.3 is 5.11 Å². The van der Waals surface area contributed by atoms with E-state index in [0.717, 1.165) is 12.8 Å². The van der Waals surface area contributed by atoms with E-state index in [0.29, 0.717) is 0 Å². The molecule has 0 spiro atoms. The minimum absolute atomic E-state index is 0.833. The summed E-state index contributed by atoms with van der Waals surface area (Å²) < 4.78 is 0. The van der Waals surface area contributed by atoms with Crippen molar-refractivity contribution in [2.24, 2.45) is 5.92 Å². The summed E-state index contributed by atoms with van der Waals surface area (Å²) in [6.45, 7) is 1.08. The molecule has 1 fully saturated rings. The molecule has 1 saturated carbocycles. The third kappa shape index (κ3) is 5.90. The van der Waals surface area contributed by atoms with Crippen molar-refractivity contribution in [1.82, 2.24) is 0 Å². The summed E-state index contributed by atoms with van der Waals surface area (Å²) in [5.41, 5.74) is 4.31. The standard InChI is InChI=1S/C19H22.C2H4O2/c1-3-9-16(10-4-1)15-18-13-7-8-14-19(18)17-11-5-2-6-12-17;1-2(3)4/h2,5-8,11-14,16H,1,3-4,9-10,15H2;1H3,(H,3,4). The van der Waals surface area contributed by atoms with E-state index in [4.69, 9.17) is 9.90 Å². The summed E-state index contributed by atoms with van der Waals surface area (Å²) in [5.74, 6) is 0.0682. The van der Waals surface area contributed by atoms with E-state index in [-0.39, 0.29) is 0 Å². The third-order valence-electron chi connectivity index (χ3n) is 4.34. The second-order valence-electron chi connectivity index (χ2n) is 6.25. The van der Waals surface area contributed by atoms with Crippen LogP contribution in [0.15, 0.2) is 54.6 Å². The average molecular weight is 310 g/mol. The second kappa shape index (κ2) is 9.14. The molecule has 3 rings (SSSR count). The lowest BCUT2D eigenvalue weighted by Crippen LogP contribution is -2.09. The maximum Gasteiger partial charge on any atom is 0.300 e. The van der Waals surface area contributed by atoms with Gasteiger partial charge in [-0.1, -0.05) is 86.7 Å². The summed E-state index contributed by atoms with van der Waals surface area (Å²) in [6, 6.07) is 19.7. The predicted octanol–water partition coefficient (Wildman–Crippen LogP) is 5.57. The monoisotopic (exact) mass is 310 g/mol. The Balaban J connectivity index is 0.000000433. The van der Waals surface area contributed by atoms with Crippen LogP contribution < -0.4 is 0 Å². The molecule has 1 aliphatic rings. The van der Waals surface area contributed by atoms with Gasteiger partial charge in [0, 0.05) is 6.92 Å². The Labute approximate surface area is 139 Å². The van der Waals surface area contributed by atoms with Crippen LogP contribution in [0.3, 0.4) is 0 Å².